The van der Waals surface area contributed by atoms with Crippen LogP contribution >= 0.6 is 15.9 Å². The summed E-state index contributed by atoms with van der Waals surface area (Å²) in [5, 5.41) is 2.96. The van der Waals surface area contributed by atoms with Crippen LogP contribution in [0.25, 0.3) is 0 Å². The summed E-state index contributed by atoms with van der Waals surface area (Å²) in [7, 11) is -0.709. The first-order valence-electron chi connectivity index (χ1n) is 5.77. The maximum atomic E-state index is 12.1. The quantitative estimate of drug-likeness (QED) is 0.810. The summed E-state index contributed by atoms with van der Waals surface area (Å²) >= 11 is 3.32. The van der Waals surface area contributed by atoms with Gasteiger partial charge in [0.25, 0.3) is 5.91 Å². The number of carbonyl (C=O) groups is 1. The zero-order valence-corrected chi connectivity index (χ0v) is 12.2. The van der Waals surface area contributed by atoms with Crippen LogP contribution in [0.5, 0.6) is 0 Å². The highest BCUT2D eigenvalue weighted by Crippen LogP contribution is 2.24. The molecule has 1 aromatic carbocycles. The molecule has 2 rings (SSSR count). The van der Waals surface area contributed by atoms with Gasteiger partial charge in [0.1, 0.15) is 0 Å². The zero-order chi connectivity index (χ0) is 13.1. The van der Waals surface area contributed by atoms with Gasteiger partial charge in [-0.2, -0.15) is 0 Å². The third kappa shape index (κ3) is 3.11. The molecule has 4 nitrogen and oxygen atoms in total. The third-order valence-corrected chi connectivity index (χ3v) is 5.26. The molecule has 3 N–H and O–H groups in total. The molecule has 1 amide bonds. The Labute approximate surface area is 117 Å². The fourth-order valence-electron chi connectivity index (χ4n) is 1.93. The molecule has 0 unspecified atom stereocenters. The maximum absolute atomic E-state index is 12.1. The Bertz CT molecular complexity index is 483. The van der Waals surface area contributed by atoms with E-state index in [9.17, 15) is 9.00 Å². The molecule has 18 heavy (non-hydrogen) atoms. The molecule has 1 fully saturated rings. The van der Waals surface area contributed by atoms with E-state index in [0.29, 0.717) is 27.2 Å². The lowest BCUT2D eigenvalue weighted by Gasteiger charge is -2.22. The monoisotopic (exact) mass is 330 g/mol. The van der Waals surface area contributed by atoms with Crippen LogP contribution in [0.1, 0.15) is 23.2 Å². The number of nitrogens with two attached hydrogens (primary N) is 1. The second-order valence-electron chi connectivity index (χ2n) is 4.30. The standard InChI is InChI=1S/C12H15BrN2O2S/c13-11-9(2-1-3-10(11)14)12(16)15-8-4-6-18(17)7-5-8/h1-3,8H,4-7,14H2,(H,15,16). The third-order valence-electron chi connectivity index (χ3n) is 3.00. The van der Waals surface area contributed by atoms with E-state index in [1.807, 2.05) is 0 Å². The molecule has 1 aromatic rings. The van der Waals surface area contributed by atoms with Gasteiger partial charge in [-0.05, 0) is 40.9 Å². The Kier molecular flexibility index (Phi) is 4.40. The van der Waals surface area contributed by atoms with Gasteiger partial charge >= 0.3 is 0 Å². The van der Waals surface area contributed by atoms with Crippen molar-refractivity contribution in [3.05, 3.63) is 28.2 Å². The molecule has 0 saturated carbocycles. The van der Waals surface area contributed by atoms with Crippen molar-refractivity contribution in [2.24, 2.45) is 0 Å². The summed E-state index contributed by atoms with van der Waals surface area (Å²) in [6.07, 6.45) is 1.55. The van der Waals surface area contributed by atoms with Crippen molar-refractivity contribution >= 4 is 38.3 Å². The number of benzene rings is 1. The molecule has 0 bridgehead atoms. The first kappa shape index (κ1) is 13.5. The number of rotatable bonds is 2. The molecule has 1 saturated heterocycles. The highest BCUT2D eigenvalue weighted by Gasteiger charge is 2.21. The van der Waals surface area contributed by atoms with Crippen LogP contribution in [-0.2, 0) is 10.8 Å². The van der Waals surface area contributed by atoms with Crippen molar-refractivity contribution in [2.75, 3.05) is 17.2 Å². The van der Waals surface area contributed by atoms with Crippen LogP contribution in [0.15, 0.2) is 22.7 Å². The van der Waals surface area contributed by atoms with Gasteiger partial charge in [-0.25, -0.2) is 0 Å². The predicted molar refractivity (Wildman–Crippen MR) is 76.9 cm³/mol. The molecule has 0 atom stereocenters. The van der Waals surface area contributed by atoms with E-state index in [-0.39, 0.29) is 11.9 Å². The molecular weight excluding hydrogens is 316 g/mol. The molecule has 0 radical (unpaired) electrons. The van der Waals surface area contributed by atoms with Gasteiger partial charge in [-0.15, -0.1) is 0 Å². The lowest BCUT2D eigenvalue weighted by atomic mass is 10.1. The average Bonchev–Trinajstić information content (AvgIpc) is 2.35. The van der Waals surface area contributed by atoms with Crippen molar-refractivity contribution in [2.45, 2.75) is 18.9 Å². The molecule has 1 aliphatic rings. The lowest BCUT2D eigenvalue weighted by Crippen LogP contribution is -2.39. The number of hydrogen-bond acceptors (Lipinski definition) is 3. The van der Waals surface area contributed by atoms with E-state index in [1.165, 1.54) is 0 Å². The molecule has 6 heteroatoms. The van der Waals surface area contributed by atoms with E-state index >= 15 is 0 Å². The Morgan fingerprint density at radius 3 is 2.72 bits per heavy atom. The van der Waals surface area contributed by atoms with Gasteiger partial charge in [0.2, 0.25) is 0 Å². The summed E-state index contributed by atoms with van der Waals surface area (Å²) in [6.45, 7) is 0. The number of hydrogen-bond donors (Lipinski definition) is 2. The fraction of sp³-hybridized carbons (Fsp3) is 0.417. The minimum Gasteiger partial charge on any atom is -0.398 e. The molecule has 1 heterocycles. The van der Waals surface area contributed by atoms with Crippen LogP contribution in [0.3, 0.4) is 0 Å². The molecule has 1 aliphatic heterocycles. The van der Waals surface area contributed by atoms with E-state index in [0.717, 1.165) is 12.8 Å². The number of nitrogen functional groups attached to an aromatic ring is 1. The van der Waals surface area contributed by atoms with Gasteiger partial charge in [0, 0.05) is 34.0 Å². The van der Waals surface area contributed by atoms with E-state index in [2.05, 4.69) is 21.2 Å². The van der Waals surface area contributed by atoms with Crippen molar-refractivity contribution in [1.29, 1.82) is 0 Å². The highest BCUT2D eigenvalue weighted by molar-refractivity contribution is 9.10. The van der Waals surface area contributed by atoms with E-state index in [1.54, 1.807) is 18.2 Å². The van der Waals surface area contributed by atoms with Crippen LogP contribution < -0.4 is 11.1 Å². The van der Waals surface area contributed by atoms with E-state index < -0.39 is 10.8 Å². The Balaban J connectivity index is 2.03. The molecule has 0 aliphatic carbocycles. The number of halogens is 1. The summed E-state index contributed by atoms with van der Waals surface area (Å²) in [5.41, 5.74) is 6.83. The largest absolute Gasteiger partial charge is 0.398 e. The smallest absolute Gasteiger partial charge is 0.252 e. The zero-order valence-electron chi connectivity index (χ0n) is 9.82. The van der Waals surface area contributed by atoms with Crippen LogP contribution in [0.4, 0.5) is 5.69 Å². The Morgan fingerprint density at radius 1 is 1.39 bits per heavy atom. The van der Waals surface area contributed by atoms with Crippen molar-refractivity contribution in [1.82, 2.24) is 5.32 Å². The van der Waals surface area contributed by atoms with Crippen molar-refractivity contribution in [3.8, 4) is 0 Å². The SMILES string of the molecule is Nc1cccc(C(=O)NC2CCS(=O)CC2)c1Br. The second kappa shape index (κ2) is 5.84. The summed E-state index contributed by atoms with van der Waals surface area (Å²) < 4.78 is 11.9. The summed E-state index contributed by atoms with van der Waals surface area (Å²) in [6, 6.07) is 5.34. The number of carbonyl (C=O) groups excluding carboxylic acids is 1. The van der Waals surface area contributed by atoms with E-state index in [4.69, 9.17) is 5.73 Å². The van der Waals surface area contributed by atoms with Gasteiger partial charge in [0.15, 0.2) is 0 Å². The highest BCUT2D eigenvalue weighted by atomic mass is 79.9. The minimum absolute atomic E-state index is 0.114. The van der Waals surface area contributed by atoms with Gasteiger partial charge in [0.05, 0.1) is 10.0 Å². The summed E-state index contributed by atoms with van der Waals surface area (Å²) in [4.78, 5) is 12.1. The van der Waals surface area contributed by atoms with Crippen LogP contribution in [0, 0.1) is 0 Å². The average molecular weight is 331 g/mol. The predicted octanol–water partition coefficient (Wildman–Crippen LogP) is 1.67. The Hall–Kier alpha value is -0.880. The number of amides is 1. The normalized spacial score (nSPS) is 23.6. The van der Waals surface area contributed by atoms with Gasteiger partial charge in [-0.3, -0.25) is 9.00 Å². The molecular formula is C12H15BrN2O2S. The first-order chi connectivity index (χ1) is 8.58. The first-order valence-corrected chi connectivity index (χ1v) is 8.06. The molecule has 0 spiro atoms. The maximum Gasteiger partial charge on any atom is 0.252 e. The lowest BCUT2D eigenvalue weighted by molar-refractivity contribution is 0.0934. The summed E-state index contributed by atoms with van der Waals surface area (Å²) in [5.74, 6) is 1.21. The van der Waals surface area contributed by atoms with Gasteiger partial charge < -0.3 is 11.1 Å². The topological polar surface area (TPSA) is 72.2 Å². The van der Waals surface area contributed by atoms with Crippen molar-refractivity contribution in [3.63, 3.8) is 0 Å². The van der Waals surface area contributed by atoms with Crippen LogP contribution in [0.2, 0.25) is 0 Å². The number of anilines is 1. The number of nitrogens with one attached hydrogen (secondary N) is 1. The Morgan fingerprint density at radius 2 is 2.06 bits per heavy atom. The second-order valence-corrected chi connectivity index (χ2v) is 6.79. The minimum atomic E-state index is -0.709. The van der Waals surface area contributed by atoms with Gasteiger partial charge in [-0.1, -0.05) is 6.07 Å². The van der Waals surface area contributed by atoms with Crippen LogP contribution in [-0.4, -0.2) is 27.7 Å². The molecule has 98 valence electrons. The fourth-order valence-corrected chi connectivity index (χ4v) is 3.67. The molecule has 0 aromatic heterocycles. The van der Waals surface area contributed by atoms with Crippen molar-refractivity contribution < 1.29 is 9.00 Å².